The topological polar surface area (TPSA) is 102 Å². The first-order valence-electron chi connectivity index (χ1n) is 7.73. The van der Waals surface area contributed by atoms with Crippen molar-refractivity contribution >= 4 is 99.4 Å². The molecule has 2 heterocycles. The van der Waals surface area contributed by atoms with E-state index in [4.69, 9.17) is 79.1 Å². The van der Waals surface area contributed by atoms with Crippen LogP contribution in [0.1, 0.15) is 6.92 Å². The summed E-state index contributed by atoms with van der Waals surface area (Å²) in [6.45, 7) is -0.138. The molecule has 1 amide bonds. The van der Waals surface area contributed by atoms with Crippen LogP contribution in [-0.4, -0.2) is 66.9 Å². The number of thioether (sulfide) groups is 1. The molecule has 15 heteroatoms. The van der Waals surface area contributed by atoms with Gasteiger partial charge in [0.1, 0.15) is 36.3 Å². The van der Waals surface area contributed by atoms with Gasteiger partial charge >= 0.3 is 12.1 Å². The van der Waals surface area contributed by atoms with Gasteiger partial charge in [0.05, 0.1) is 6.61 Å². The predicted molar refractivity (Wildman–Crippen MR) is 109 cm³/mol. The van der Waals surface area contributed by atoms with Crippen molar-refractivity contribution in [3.05, 3.63) is 10.6 Å². The van der Waals surface area contributed by atoms with Crippen molar-refractivity contribution in [3.8, 4) is 0 Å². The van der Waals surface area contributed by atoms with E-state index >= 15 is 0 Å². The summed E-state index contributed by atoms with van der Waals surface area (Å²) < 4.78 is 10.9. The van der Waals surface area contributed by atoms with Crippen LogP contribution in [0.5, 0.6) is 0 Å². The molecule has 0 aromatic carbocycles. The molecule has 0 bridgehead atoms. The Morgan fingerprint density at radius 3 is 2.21 bits per heavy atom. The van der Waals surface area contributed by atoms with E-state index in [1.54, 1.807) is 0 Å². The number of fused-ring (bicyclic) bond motifs is 1. The zero-order chi connectivity index (χ0) is 22.1. The fraction of sp³-hybridized carbons (Fsp3) is 0.643. The Bertz CT molecular complexity index is 722. The van der Waals surface area contributed by atoms with Gasteiger partial charge in [-0.05, 0) is 6.92 Å². The van der Waals surface area contributed by atoms with Gasteiger partial charge in [0.25, 0.3) is 0 Å². The Hall–Kier alpha value is -0.0000000000000000555. The van der Waals surface area contributed by atoms with Crippen molar-refractivity contribution in [1.82, 2.24) is 4.90 Å². The van der Waals surface area contributed by atoms with Crippen molar-refractivity contribution in [1.29, 1.82) is 0 Å². The molecule has 2 unspecified atom stereocenters. The van der Waals surface area contributed by atoms with Gasteiger partial charge < -0.3 is 19.3 Å². The number of aliphatic hydroxyl groups is 1. The number of carbonyl (C=O) groups is 3. The van der Waals surface area contributed by atoms with E-state index in [9.17, 15) is 19.5 Å². The van der Waals surface area contributed by atoms with E-state index in [1.807, 2.05) is 0 Å². The molecule has 3 atom stereocenters. The highest BCUT2D eigenvalue weighted by Gasteiger charge is 2.59. The molecule has 164 valence electrons. The van der Waals surface area contributed by atoms with E-state index in [1.165, 1.54) is 6.92 Å². The maximum absolute atomic E-state index is 12.6. The van der Waals surface area contributed by atoms with E-state index in [-0.39, 0.29) is 10.6 Å². The van der Waals surface area contributed by atoms with Gasteiger partial charge in [0.15, 0.2) is 0 Å². The summed E-state index contributed by atoms with van der Waals surface area (Å²) >= 11 is 34.1. The summed E-state index contributed by atoms with van der Waals surface area (Å²) in [5.74, 6) is -2.26. The van der Waals surface area contributed by atoms with Crippen LogP contribution in [0, 0.1) is 5.92 Å². The Labute approximate surface area is 199 Å². The average molecular weight is 552 g/mol. The molecule has 2 rings (SSSR count). The van der Waals surface area contributed by atoms with Crippen LogP contribution in [0.25, 0.3) is 0 Å². The van der Waals surface area contributed by atoms with Crippen LogP contribution >= 0.6 is 81.4 Å². The summed E-state index contributed by atoms with van der Waals surface area (Å²) in [7, 11) is 0. The Morgan fingerprint density at radius 2 is 1.69 bits per heavy atom. The Morgan fingerprint density at radius 1 is 1.14 bits per heavy atom. The van der Waals surface area contributed by atoms with Gasteiger partial charge in [0.2, 0.25) is 13.5 Å². The number of esters is 1. The maximum atomic E-state index is 12.6. The molecule has 0 radical (unpaired) electrons. The highest BCUT2D eigenvalue weighted by Crippen LogP contribution is 2.50. The third-order valence-corrected chi connectivity index (χ3v) is 5.70. The summed E-state index contributed by atoms with van der Waals surface area (Å²) in [6, 6.07) is 0. The number of nitrogens with zero attached hydrogens (tertiary/aromatic N) is 1. The number of β-lactam (4-membered cyclic amide) rings is 1. The number of ether oxygens (including phenoxy) is 3. The van der Waals surface area contributed by atoms with Gasteiger partial charge in [-0.15, -0.1) is 0 Å². The number of rotatable bonds is 6. The lowest BCUT2D eigenvalue weighted by Crippen LogP contribution is -2.61. The van der Waals surface area contributed by atoms with Gasteiger partial charge in [0, 0.05) is 4.91 Å². The molecule has 2 aliphatic rings. The van der Waals surface area contributed by atoms with E-state index in [0.29, 0.717) is 0 Å². The largest absolute Gasteiger partial charge is 0.508 e. The first-order chi connectivity index (χ1) is 13.2. The summed E-state index contributed by atoms with van der Waals surface area (Å²) in [5.41, 5.74) is -0.149. The maximum Gasteiger partial charge on any atom is 0.508 e. The third-order valence-electron chi connectivity index (χ3n) is 3.70. The SMILES string of the molecule is C[C@@H](OC(=O)OCC(Cl)(Cl)Cl)C1C(=O)N2C(C(=O)OCC(Cl)(Cl)Cl)=C(CO)SC12. The van der Waals surface area contributed by atoms with Crippen molar-refractivity contribution in [2.24, 2.45) is 5.92 Å². The average Bonchev–Trinajstić information content (AvgIpc) is 2.91. The minimum Gasteiger partial charge on any atom is -0.456 e. The monoisotopic (exact) mass is 549 g/mol. The Balaban J connectivity index is 2.01. The zero-order valence-corrected chi connectivity index (χ0v) is 19.7. The van der Waals surface area contributed by atoms with Crippen LogP contribution in [0.4, 0.5) is 4.79 Å². The minimum absolute atomic E-state index is 0.149. The first-order valence-corrected chi connectivity index (χ1v) is 10.9. The molecule has 0 aromatic rings. The summed E-state index contributed by atoms with van der Waals surface area (Å²) in [5, 5.41) is 8.93. The molecule has 1 saturated heterocycles. The third kappa shape index (κ3) is 6.49. The molecule has 8 nitrogen and oxygen atoms in total. The molecule has 2 aliphatic heterocycles. The fourth-order valence-corrected chi connectivity index (χ4v) is 4.34. The van der Waals surface area contributed by atoms with E-state index in [2.05, 4.69) is 4.74 Å². The number of alkyl halides is 6. The lowest BCUT2D eigenvalue weighted by atomic mass is 9.92. The molecule has 0 spiro atoms. The standard InChI is InChI=1S/C14H13Cl6NO7S/c1-5(28-12(25)27-4-14(18,19)20)7-9(23)21-8(6(2-22)29-10(7)21)11(24)26-3-13(15,16)17/h5,7,10,22H,2-4H2,1H3/t5-,7?,10?/m1/s1. The van der Waals surface area contributed by atoms with Gasteiger partial charge in [-0.25, -0.2) is 9.59 Å². The second-order valence-electron chi connectivity index (χ2n) is 5.84. The lowest BCUT2D eigenvalue weighted by Gasteiger charge is -2.44. The van der Waals surface area contributed by atoms with Gasteiger partial charge in [-0.3, -0.25) is 9.69 Å². The molecule has 0 saturated carbocycles. The van der Waals surface area contributed by atoms with Crippen LogP contribution in [0.3, 0.4) is 0 Å². The minimum atomic E-state index is -1.84. The summed E-state index contributed by atoms with van der Waals surface area (Å²) in [6.07, 6.45) is -2.05. The molecular formula is C14H13Cl6NO7S. The highest BCUT2D eigenvalue weighted by atomic mass is 35.6. The number of hydrogen-bond acceptors (Lipinski definition) is 8. The van der Waals surface area contributed by atoms with Crippen LogP contribution < -0.4 is 0 Å². The van der Waals surface area contributed by atoms with Crippen LogP contribution in [-0.2, 0) is 23.8 Å². The van der Waals surface area contributed by atoms with Crippen LogP contribution in [0.15, 0.2) is 10.6 Å². The summed E-state index contributed by atoms with van der Waals surface area (Å²) in [4.78, 5) is 37.9. The molecule has 1 fully saturated rings. The molecule has 0 aliphatic carbocycles. The number of carbonyl (C=O) groups excluding carboxylic acids is 3. The number of hydrogen-bond donors (Lipinski definition) is 1. The first kappa shape index (κ1) is 25.3. The second-order valence-corrected chi connectivity index (χ2v) is 12.1. The number of halogens is 6. The number of aliphatic hydroxyl groups excluding tert-OH is 1. The van der Waals surface area contributed by atoms with Crippen molar-refractivity contribution in [3.63, 3.8) is 0 Å². The van der Waals surface area contributed by atoms with Crippen LogP contribution in [0.2, 0.25) is 0 Å². The van der Waals surface area contributed by atoms with Gasteiger partial charge in [-0.2, -0.15) is 0 Å². The van der Waals surface area contributed by atoms with Crippen molar-refractivity contribution in [2.45, 2.75) is 26.0 Å². The van der Waals surface area contributed by atoms with E-state index in [0.717, 1.165) is 16.7 Å². The highest BCUT2D eigenvalue weighted by molar-refractivity contribution is 8.04. The fourth-order valence-electron chi connectivity index (χ4n) is 2.56. The molecule has 0 aromatic heterocycles. The molecule has 1 N–H and O–H groups in total. The molecular weight excluding hydrogens is 539 g/mol. The number of amides is 1. The lowest BCUT2D eigenvalue weighted by molar-refractivity contribution is -0.159. The predicted octanol–water partition coefficient (Wildman–Crippen LogP) is 3.55. The normalized spacial score (nSPS) is 22.8. The smallest absolute Gasteiger partial charge is 0.456 e. The van der Waals surface area contributed by atoms with Crippen molar-refractivity contribution < 1.29 is 33.7 Å². The second kappa shape index (κ2) is 9.65. The quantitative estimate of drug-likeness (QED) is 0.304. The van der Waals surface area contributed by atoms with Crippen molar-refractivity contribution in [2.75, 3.05) is 19.8 Å². The zero-order valence-electron chi connectivity index (χ0n) is 14.4. The molecule has 29 heavy (non-hydrogen) atoms. The van der Waals surface area contributed by atoms with Gasteiger partial charge in [-0.1, -0.05) is 81.4 Å². The Kier molecular flexibility index (Phi) is 8.40. The van der Waals surface area contributed by atoms with E-state index < -0.39 is 62.8 Å².